The number of carbonyl (C=O) groups is 2. The van der Waals surface area contributed by atoms with Gasteiger partial charge in [0.2, 0.25) is 0 Å². The maximum absolute atomic E-state index is 14.7. The van der Waals surface area contributed by atoms with Gasteiger partial charge < -0.3 is 4.74 Å². The van der Waals surface area contributed by atoms with Crippen molar-refractivity contribution in [3.05, 3.63) is 59.2 Å². The monoisotopic (exact) mass is 485 g/mol. The lowest BCUT2D eigenvalue weighted by Crippen LogP contribution is -2.42. The number of piperidine rings is 1. The topological polar surface area (TPSA) is 64.4 Å². The Morgan fingerprint density at radius 3 is 2.79 bits per heavy atom. The quantitative estimate of drug-likeness (QED) is 0.306. The molecule has 0 spiro atoms. The molecule has 2 unspecified atom stereocenters. The van der Waals surface area contributed by atoms with Crippen LogP contribution in [0.15, 0.2) is 42.1 Å². The number of halogens is 1. The van der Waals surface area contributed by atoms with E-state index in [1.54, 1.807) is 29.1 Å². The predicted molar refractivity (Wildman–Crippen MR) is 132 cm³/mol. The maximum atomic E-state index is 14.7. The molecule has 4 rings (SSSR count). The van der Waals surface area contributed by atoms with Crippen LogP contribution in [-0.2, 0) is 20.9 Å². The average Bonchev–Trinajstić information content (AvgIpc) is 3.58. The largest absolute Gasteiger partial charge is 0.464 e. The number of ether oxygens (including phenoxy) is 1. The number of thiol groups is 1. The number of Topliss-reactive ketones (excluding diaryl/α,β-unsaturated/α-hetero) is 1. The summed E-state index contributed by atoms with van der Waals surface area (Å²) in [5.41, 5.74) is 2.19. The van der Waals surface area contributed by atoms with Crippen molar-refractivity contribution in [3.63, 3.8) is 0 Å². The van der Waals surface area contributed by atoms with Gasteiger partial charge in [-0.2, -0.15) is 17.7 Å². The molecule has 2 aliphatic rings. The van der Waals surface area contributed by atoms with Crippen molar-refractivity contribution in [3.8, 4) is 0 Å². The number of aromatic nitrogens is 2. The van der Waals surface area contributed by atoms with Crippen molar-refractivity contribution in [1.29, 1.82) is 0 Å². The van der Waals surface area contributed by atoms with Crippen LogP contribution in [-0.4, -0.2) is 51.4 Å². The first kappa shape index (κ1) is 24.7. The minimum absolute atomic E-state index is 0.0257. The van der Waals surface area contributed by atoms with E-state index in [-0.39, 0.29) is 35.3 Å². The van der Waals surface area contributed by atoms with Gasteiger partial charge in [0.15, 0.2) is 5.78 Å². The van der Waals surface area contributed by atoms with E-state index in [2.05, 4.69) is 10.00 Å². The van der Waals surface area contributed by atoms with Crippen LogP contribution >= 0.6 is 12.6 Å². The number of nitrogens with zero attached hydrogens (tertiary/aromatic N) is 3. The SMILES string of the molecule is CCCCOC(=O)Cn1ccc(C=C2CN(C(C(=O)C3CC3)c3ccccc3F)CCC2S)n1. The van der Waals surface area contributed by atoms with Gasteiger partial charge in [0, 0.05) is 36.0 Å². The molecule has 0 N–H and O–H groups in total. The number of esters is 1. The Kier molecular flexibility index (Phi) is 8.21. The zero-order valence-electron chi connectivity index (χ0n) is 19.5. The zero-order valence-corrected chi connectivity index (χ0v) is 20.4. The van der Waals surface area contributed by atoms with E-state index in [0.29, 0.717) is 31.0 Å². The lowest BCUT2D eigenvalue weighted by Gasteiger charge is -2.37. The first-order valence-electron chi connectivity index (χ1n) is 12.1. The highest BCUT2D eigenvalue weighted by molar-refractivity contribution is 7.81. The minimum Gasteiger partial charge on any atom is -0.464 e. The molecule has 0 bridgehead atoms. The third-order valence-corrected chi connectivity index (χ3v) is 6.95. The van der Waals surface area contributed by atoms with E-state index in [9.17, 15) is 14.0 Å². The molecule has 182 valence electrons. The Bertz CT molecular complexity index is 1050. The highest BCUT2D eigenvalue weighted by atomic mass is 32.1. The lowest BCUT2D eigenvalue weighted by atomic mass is 9.93. The second kappa shape index (κ2) is 11.3. The standard InChI is InChI=1S/C26H32FN3O3S/c1-2-3-14-33-24(31)17-30-13-10-20(28-30)15-19-16-29(12-11-23(19)34)25(26(32)18-8-9-18)21-6-4-5-7-22(21)27/h4-7,10,13,15,18,23,25,34H,2-3,8-9,11-12,14,16-17H2,1H3. The number of rotatable bonds is 10. The van der Waals surface area contributed by atoms with E-state index in [0.717, 1.165) is 37.7 Å². The van der Waals surface area contributed by atoms with Gasteiger partial charge >= 0.3 is 5.97 Å². The minimum atomic E-state index is -0.589. The second-order valence-electron chi connectivity index (χ2n) is 9.11. The Labute approximate surface area is 205 Å². The number of hydrogen-bond acceptors (Lipinski definition) is 6. The number of carbonyl (C=O) groups excluding carboxylic acids is 2. The van der Waals surface area contributed by atoms with Gasteiger partial charge in [0.05, 0.1) is 18.3 Å². The summed E-state index contributed by atoms with van der Waals surface area (Å²) in [5, 5.41) is 4.51. The molecular formula is C26H32FN3O3S. The molecule has 2 atom stereocenters. The number of ketones is 1. The number of hydrogen-bond donors (Lipinski definition) is 1. The van der Waals surface area contributed by atoms with Gasteiger partial charge in [-0.3, -0.25) is 19.2 Å². The van der Waals surface area contributed by atoms with Gasteiger partial charge in [-0.05, 0) is 49.5 Å². The van der Waals surface area contributed by atoms with E-state index in [4.69, 9.17) is 17.4 Å². The van der Waals surface area contributed by atoms with Gasteiger partial charge in [-0.1, -0.05) is 31.5 Å². The molecule has 8 heteroatoms. The normalized spacial score (nSPS) is 20.9. The van der Waals surface area contributed by atoms with Crippen LogP contribution in [0.25, 0.3) is 6.08 Å². The summed E-state index contributed by atoms with van der Waals surface area (Å²) in [5.74, 6) is -0.519. The van der Waals surface area contributed by atoms with E-state index >= 15 is 0 Å². The van der Waals surface area contributed by atoms with Gasteiger partial charge in [0.25, 0.3) is 0 Å². The average molecular weight is 486 g/mol. The van der Waals surface area contributed by atoms with Crippen LogP contribution < -0.4 is 0 Å². The summed E-state index contributed by atoms with van der Waals surface area (Å²) < 4.78 is 21.5. The molecule has 34 heavy (non-hydrogen) atoms. The first-order chi connectivity index (χ1) is 16.5. The fourth-order valence-electron chi connectivity index (χ4n) is 4.31. The van der Waals surface area contributed by atoms with Crippen LogP contribution in [0.1, 0.15) is 56.3 Å². The molecule has 2 fully saturated rings. The van der Waals surface area contributed by atoms with E-state index < -0.39 is 6.04 Å². The Hall–Kier alpha value is -2.45. The highest BCUT2D eigenvalue weighted by Crippen LogP contribution is 2.39. The molecule has 1 aliphatic heterocycles. The molecule has 2 heterocycles. The molecule has 1 saturated heterocycles. The summed E-state index contributed by atoms with van der Waals surface area (Å²) in [6.07, 6.45) is 8.05. The predicted octanol–water partition coefficient (Wildman–Crippen LogP) is 4.47. The van der Waals surface area contributed by atoms with Gasteiger partial charge in [0.1, 0.15) is 12.4 Å². The summed E-state index contributed by atoms with van der Waals surface area (Å²) >= 11 is 4.76. The highest BCUT2D eigenvalue weighted by Gasteiger charge is 2.40. The lowest BCUT2D eigenvalue weighted by molar-refractivity contribution is -0.144. The molecule has 2 aromatic rings. The Morgan fingerprint density at radius 1 is 1.26 bits per heavy atom. The fourth-order valence-corrected chi connectivity index (χ4v) is 4.58. The number of benzene rings is 1. The number of unbranched alkanes of at least 4 members (excludes halogenated alkanes) is 1. The van der Waals surface area contributed by atoms with Crippen LogP contribution in [0.5, 0.6) is 0 Å². The molecule has 1 aromatic heterocycles. The van der Waals surface area contributed by atoms with Crippen LogP contribution in [0.3, 0.4) is 0 Å². The van der Waals surface area contributed by atoms with Crippen molar-refractivity contribution in [2.24, 2.45) is 5.92 Å². The summed E-state index contributed by atoms with van der Waals surface area (Å²) in [6.45, 7) is 3.71. The van der Waals surface area contributed by atoms with Gasteiger partial charge in [-0.15, -0.1) is 0 Å². The van der Waals surface area contributed by atoms with E-state index in [1.165, 1.54) is 6.07 Å². The fraction of sp³-hybridized carbons (Fsp3) is 0.500. The van der Waals surface area contributed by atoms with Crippen LogP contribution in [0.4, 0.5) is 4.39 Å². The van der Waals surface area contributed by atoms with Crippen molar-refractivity contribution in [1.82, 2.24) is 14.7 Å². The molecule has 1 saturated carbocycles. The molecule has 1 aliphatic carbocycles. The smallest absolute Gasteiger partial charge is 0.327 e. The Balaban J connectivity index is 1.49. The van der Waals surface area contributed by atoms with Crippen LogP contribution in [0.2, 0.25) is 0 Å². The third-order valence-electron chi connectivity index (χ3n) is 6.36. The van der Waals surface area contributed by atoms with Gasteiger partial charge in [-0.25, -0.2) is 4.39 Å². The van der Waals surface area contributed by atoms with Crippen molar-refractivity contribution < 1.29 is 18.7 Å². The maximum Gasteiger partial charge on any atom is 0.327 e. The molecule has 6 nitrogen and oxygen atoms in total. The molecule has 1 aromatic carbocycles. The van der Waals surface area contributed by atoms with Crippen molar-refractivity contribution in [2.75, 3.05) is 19.7 Å². The van der Waals surface area contributed by atoms with Crippen LogP contribution in [0, 0.1) is 11.7 Å². The summed E-state index contributed by atoms with van der Waals surface area (Å²) in [7, 11) is 0. The van der Waals surface area contributed by atoms with E-state index in [1.807, 2.05) is 19.1 Å². The molecular weight excluding hydrogens is 453 g/mol. The molecule has 0 radical (unpaired) electrons. The van der Waals surface area contributed by atoms with Crippen molar-refractivity contribution >= 4 is 30.5 Å². The van der Waals surface area contributed by atoms with Crippen molar-refractivity contribution in [2.45, 2.75) is 56.9 Å². The Morgan fingerprint density at radius 2 is 2.06 bits per heavy atom. The zero-order chi connectivity index (χ0) is 24.1. The second-order valence-corrected chi connectivity index (χ2v) is 9.73. The summed E-state index contributed by atoms with van der Waals surface area (Å²) in [4.78, 5) is 27.2. The third kappa shape index (κ3) is 6.16. The molecule has 0 amide bonds. The first-order valence-corrected chi connectivity index (χ1v) is 12.6. The number of likely N-dealkylation sites (tertiary alicyclic amines) is 1. The summed E-state index contributed by atoms with van der Waals surface area (Å²) in [6, 6.07) is 7.83.